The lowest BCUT2D eigenvalue weighted by Crippen LogP contribution is -2.42. The predicted molar refractivity (Wildman–Crippen MR) is 155 cm³/mol. The van der Waals surface area contributed by atoms with Crippen molar-refractivity contribution >= 4 is 5.97 Å². The fourth-order valence-electron chi connectivity index (χ4n) is 6.47. The first-order valence-electron chi connectivity index (χ1n) is 14.8. The van der Waals surface area contributed by atoms with Crippen molar-refractivity contribution in [3.05, 3.63) is 71.8 Å². The van der Waals surface area contributed by atoms with Crippen molar-refractivity contribution in [2.45, 2.75) is 72.3 Å². The molecule has 0 aliphatic carbocycles. The number of H-pyrrole nitrogens is 2. The predicted octanol–water partition coefficient (Wildman–Crippen LogP) is 4.21. The van der Waals surface area contributed by atoms with Crippen LogP contribution in [-0.2, 0) is 35.7 Å². The first kappa shape index (κ1) is 28.5. The van der Waals surface area contributed by atoms with E-state index in [1.54, 1.807) is 12.4 Å². The number of esters is 1. The Morgan fingerprint density at radius 3 is 2.20 bits per heavy atom. The Labute approximate surface area is 238 Å². The molecule has 2 aliphatic heterocycles. The van der Waals surface area contributed by atoms with Crippen LogP contribution in [0.3, 0.4) is 0 Å². The van der Waals surface area contributed by atoms with Crippen molar-refractivity contribution in [2.24, 2.45) is 11.3 Å². The first-order valence-corrected chi connectivity index (χ1v) is 14.8. The summed E-state index contributed by atoms with van der Waals surface area (Å²) in [5, 5.41) is 0. The minimum Gasteiger partial charge on any atom is -0.465 e. The topological polar surface area (TPSA) is 93.4 Å². The van der Waals surface area contributed by atoms with Crippen LogP contribution in [0.25, 0.3) is 0 Å². The van der Waals surface area contributed by atoms with Crippen molar-refractivity contribution in [3.8, 4) is 0 Å². The largest absolute Gasteiger partial charge is 0.465 e. The van der Waals surface area contributed by atoms with E-state index in [0.717, 1.165) is 70.2 Å². The molecule has 40 heavy (non-hydrogen) atoms. The second-order valence-corrected chi connectivity index (χ2v) is 12.1. The van der Waals surface area contributed by atoms with Gasteiger partial charge >= 0.3 is 5.97 Å². The molecule has 216 valence electrons. The number of likely N-dealkylation sites (tertiary alicyclic amines) is 2. The molecule has 4 heterocycles. The number of ether oxygens (including phenoxy) is 1. The summed E-state index contributed by atoms with van der Waals surface area (Å²) in [6, 6.07) is 8.69. The molecule has 1 unspecified atom stereocenters. The summed E-state index contributed by atoms with van der Waals surface area (Å²) in [5.41, 5.74) is 2.68. The van der Waals surface area contributed by atoms with E-state index >= 15 is 0 Å². The van der Waals surface area contributed by atoms with Gasteiger partial charge in [0.05, 0.1) is 19.7 Å². The molecule has 0 amide bonds. The van der Waals surface area contributed by atoms with Gasteiger partial charge in [0.1, 0.15) is 17.7 Å². The molecule has 2 aromatic heterocycles. The third-order valence-electron chi connectivity index (χ3n) is 8.38. The minimum absolute atomic E-state index is 0.0629. The Hall–Kier alpha value is -3.01. The van der Waals surface area contributed by atoms with Gasteiger partial charge < -0.3 is 19.6 Å². The number of hydrogen-bond donors (Lipinski definition) is 2. The normalized spacial score (nSPS) is 19.7. The monoisotopic (exact) mass is 547 g/mol. The van der Waals surface area contributed by atoms with E-state index < -0.39 is 0 Å². The molecule has 9 heteroatoms. The van der Waals surface area contributed by atoms with Crippen LogP contribution in [0.4, 0.5) is 0 Å². The Balaban J connectivity index is 1.23. The van der Waals surface area contributed by atoms with Gasteiger partial charge in [0.15, 0.2) is 0 Å². The smallest absolute Gasteiger partial charge is 0.323 e. The highest BCUT2D eigenvalue weighted by Gasteiger charge is 2.48. The molecular weight excluding hydrogens is 502 g/mol. The fraction of sp³-hybridized carbons (Fsp3) is 0.581. The van der Waals surface area contributed by atoms with Gasteiger partial charge in [-0.15, -0.1) is 0 Å². The number of carbonyl (C=O) groups excluding carboxylic acids is 1. The Morgan fingerprint density at radius 2 is 1.65 bits per heavy atom. The number of nitrogens with one attached hydrogen (secondary N) is 2. The summed E-state index contributed by atoms with van der Waals surface area (Å²) in [6.07, 6.45) is 10.5. The van der Waals surface area contributed by atoms with E-state index in [1.807, 2.05) is 19.3 Å². The average Bonchev–Trinajstić information content (AvgIpc) is 3.70. The maximum Gasteiger partial charge on any atom is 0.323 e. The zero-order chi connectivity index (χ0) is 28.0. The molecule has 2 fully saturated rings. The Bertz CT molecular complexity index is 1130. The number of carbonyl (C=O) groups is 1. The summed E-state index contributed by atoms with van der Waals surface area (Å²) in [4.78, 5) is 35.6. The molecule has 1 atom stereocenters. The van der Waals surface area contributed by atoms with Crippen molar-refractivity contribution in [2.75, 3.05) is 32.8 Å². The van der Waals surface area contributed by atoms with Crippen LogP contribution >= 0.6 is 0 Å². The van der Waals surface area contributed by atoms with E-state index in [1.165, 1.54) is 11.1 Å². The van der Waals surface area contributed by atoms with Crippen molar-refractivity contribution < 1.29 is 9.53 Å². The summed E-state index contributed by atoms with van der Waals surface area (Å²) in [5.74, 6) is 2.50. The van der Waals surface area contributed by atoms with Crippen molar-refractivity contribution in [1.82, 2.24) is 34.6 Å². The quantitative estimate of drug-likeness (QED) is 0.328. The fourth-order valence-corrected chi connectivity index (χ4v) is 6.47. The van der Waals surface area contributed by atoms with Crippen LogP contribution in [-0.4, -0.2) is 79.4 Å². The third-order valence-corrected chi connectivity index (χ3v) is 8.38. The summed E-state index contributed by atoms with van der Waals surface area (Å²) >= 11 is 0. The highest BCUT2D eigenvalue weighted by atomic mass is 16.5. The van der Waals surface area contributed by atoms with Crippen molar-refractivity contribution in [1.29, 1.82) is 0 Å². The lowest BCUT2D eigenvalue weighted by Gasteiger charge is -2.40. The second-order valence-electron chi connectivity index (χ2n) is 12.1. The maximum absolute atomic E-state index is 13.0. The maximum atomic E-state index is 13.0. The van der Waals surface area contributed by atoms with Gasteiger partial charge in [-0.3, -0.25) is 14.6 Å². The second kappa shape index (κ2) is 13.1. The van der Waals surface area contributed by atoms with E-state index in [4.69, 9.17) is 4.74 Å². The number of imidazole rings is 2. The van der Waals surface area contributed by atoms with Crippen LogP contribution < -0.4 is 0 Å². The summed E-state index contributed by atoms with van der Waals surface area (Å²) in [7, 11) is 0. The lowest BCUT2D eigenvalue weighted by atomic mass is 9.76. The Morgan fingerprint density at radius 1 is 1.02 bits per heavy atom. The molecule has 2 N–H and O–H groups in total. The van der Waals surface area contributed by atoms with E-state index in [2.05, 4.69) is 72.7 Å². The lowest BCUT2D eigenvalue weighted by molar-refractivity contribution is -0.148. The molecule has 0 radical (unpaired) electrons. The number of hydrogen-bond acceptors (Lipinski definition) is 7. The third kappa shape index (κ3) is 7.38. The number of nitrogens with zero attached hydrogens (tertiary/aromatic N) is 5. The van der Waals surface area contributed by atoms with Crippen LogP contribution in [0.1, 0.15) is 62.8 Å². The number of aromatic nitrogens is 4. The van der Waals surface area contributed by atoms with Crippen molar-refractivity contribution in [3.63, 3.8) is 0 Å². The highest BCUT2D eigenvalue weighted by Crippen LogP contribution is 2.44. The van der Waals surface area contributed by atoms with E-state index in [9.17, 15) is 4.79 Å². The SMILES string of the molecule is CCOC(=O)C1CC2(CCN(CC(C)C)CC2)CN1Cc1ccc(CN(Cc2ncc[nH]2)Cc2ncc[nH]2)cc1. The minimum atomic E-state index is -0.159. The van der Waals surface area contributed by atoms with Crippen LogP contribution in [0.15, 0.2) is 49.1 Å². The van der Waals surface area contributed by atoms with E-state index in [0.29, 0.717) is 25.6 Å². The number of piperidine rings is 1. The van der Waals surface area contributed by atoms with Gasteiger partial charge in [-0.2, -0.15) is 0 Å². The van der Waals surface area contributed by atoms with Gasteiger partial charge in [0, 0.05) is 51.0 Å². The van der Waals surface area contributed by atoms with Gasteiger partial charge in [0.25, 0.3) is 0 Å². The van der Waals surface area contributed by atoms with Crippen LogP contribution in [0.5, 0.6) is 0 Å². The molecule has 0 saturated carbocycles. The molecular formula is C31H45N7O2. The number of benzene rings is 1. The summed E-state index contributed by atoms with van der Waals surface area (Å²) < 4.78 is 5.54. The standard InChI is InChI=1S/C31H45N7O2/c1-4-40-30(39)27-17-31(9-15-36(16-10-31)18-24(2)3)23-38(27)20-26-7-5-25(6-8-26)19-37(21-28-32-11-12-33-28)22-29-34-13-14-35-29/h5-8,11-14,24,27H,4,9-10,15-23H2,1-3H3,(H,32,33)(H,34,35). The molecule has 1 spiro atoms. The molecule has 1 aromatic carbocycles. The molecule has 5 rings (SSSR count). The molecule has 2 saturated heterocycles. The highest BCUT2D eigenvalue weighted by molar-refractivity contribution is 5.76. The molecule has 3 aromatic rings. The zero-order valence-electron chi connectivity index (χ0n) is 24.3. The Kier molecular flexibility index (Phi) is 9.34. The van der Waals surface area contributed by atoms with Gasteiger partial charge in [0.2, 0.25) is 0 Å². The van der Waals surface area contributed by atoms with Crippen LogP contribution in [0, 0.1) is 11.3 Å². The number of rotatable bonds is 12. The molecule has 0 bridgehead atoms. The van der Waals surface area contributed by atoms with Gasteiger partial charge in [-0.05, 0) is 61.7 Å². The molecule has 9 nitrogen and oxygen atoms in total. The zero-order valence-corrected chi connectivity index (χ0v) is 24.3. The van der Waals surface area contributed by atoms with E-state index in [-0.39, 0.29) is 17.4 Å². The van der Waals surface area contributed by atoms with Gasteiger partial charge in [-0.1, -0.05) is 38.1 Å². The van der Waals surface area contributed by atoms with Crippen LogP contribution in [0.2, 0.25) is 0 Å². The molecule has 2 aliphatic rings. The summed E-state index contributed by atoms with van der Waals surface area (Å²) in [6.45, 7) is 14.3. The number of aromatic amines is 2. The van der Waals surface area contributed by atoms with Gasteiger partial charge in [-0.25, -0.2) is 9.97 Å². The average molecular weight is 548 g/mol. The first-order chi connectivity index (χ1) is 19.4.